The van der Waals surface area contributed by atoms with Crippen molar-refractivity contribution in [1.29, 1.82) is 0 Å². The molecule has 12 N–H and O–H groups in total. The van der Waals surface area contributed by atoms with Crippen molar-refractivity contribution >= 4 is 5.91 Å². The van der Waals surface area contributed by atoms with Crippen LogP contribution in [-0.4, -0.2) is 193 Å². The van der Waals surface area contributed by atoms with Crippen molar-refractivity contribution in [2.45, 2.75) is 349 Å². The molecule has 19 heteroatoms. The quantitative estimate of drug-likeness (QED) is 0.0199. The van der Waals surface area contributed by atoms with Gasteiger partial charge in [-0.2, -0.15) is 0 Å². The number of nitrogens with one attached hydrogen (secondary N) is 1. The molecular formula is C72H127NO18. The van der Waals surface area contributed by atoms with E-state index in [-0.39, 0.29) is 18.9 Å². The van der Waals surface area contributed by atoms with Crippen LogP contribution in [0.4, 0.5) is 0 Å². The first-order chi connectivity index (χ1) is 44.3. The highest BCUT2D eigenvalue weighted by atomic mass is 16.8. The summed E-state index contributed by atoms with van der Waals surface area (Å²) in [5, 5.41) is 120. The van der Waals surface area contributed by atoms with Gasteiger partial charge in [0.2, 0.25) is 5.91 Å². The fourth-order valence-corrected chi connectivity index (χ4v) is 11.6. The van der Waals surface area contributed by atoms with E-state index < -0.39 is 124 Å². The van der Waals surface area contributed by atoms with Crippen LogP contribution in [0.1, 0.15) is 245 Å². The van der Waals surface area contributed by atoms with Crippen molar-refractivity contribution in [2.24, 2.45) is 0 Å². The van der Waals surface area contributed by atoms with Crippen LogP contribution >= 0.6 is 0 Å². The Morgan fingerprint density at radius 2 is 0.736 bits per heavy atom. The van der Waals surface area contributed by atoms with Gasteiger partial charge in [-0.15, -0.1) is 0 Å². The molecule has 17 atom stereocenters. The molecule has 0 aromatic rings. The lowest BCUT2D eigenvalue weighted by Gasteiger charge is -2.48. The Hall–Kier alpha value is -2.77. The Labute approximate surface area is 547 Å². The van der Waals surface area contributed by atoms with E-state index in [1.165, 1.54) is 154 Å². The van der Waals surface area contributed by atoms with E-state index in [0.717, 1.165) is 57.8 Å². The number of aliphatic hydroxyl groups is 11. The summed E-state index contributed by atoms with van der Waals surface area (Å²) in [6, 6.07) is -0.998. The molecule has 3 saturated heterocycles. The van der Waals surface area contributed by atoms with Crippen LogP contribution in [0.3, 0.4) is 0 Å². The summed E-state index contributed by atoms with van der Waals surface area (Å²) in [5.41, 5.74) is 0. The van der Waals surface area contributed by atoms with E-state index in [4.69, 9.17) is 28.4 Å². The van der Waals surface area contributed by atoms with Crippen molar-refractivity contribution in [2.75, 3.05) is 26.4 Å². The molecule has 3 heterocycles. The number of unbranched alkanes of at least 4 members (excludes halogenated alkanes) is 28. The first-order valence-electron chi connectivity index (χ1n) is 35.7. The summed E-state index contributed by atoms with van der Waals surface area (Å²) in [7, 11) is 0. The van der Waals surface area contributed by atoms with Gasteiger partial charge in [0.1, 0.15) is 73.2 Å². The lowest BCUT2D eigenvalue weighted by atomic mass is 9.96. The molecule has 91 heavy (non-hydrogen) atoms. The molecule has 0 bridgehead atoms. The Bertz CT molecular complexity index is 1930. The minimum absolute atomic E-state index is 0.231. The van der Waals surface area contributed by atoms with E-state index in [1.807, 2.05) is 6.08 Å². The van der Waals surface area contributed by atoms with Crippen LogP contribution in [0.2, 0.25) is 0 Å². The van der Waals surface area contributed by atoms with Crippen molar-refractivity contribution in [3.8, 4) is 0 Å². The fraction of sp³-hybridized carbons (Fsp3) is 0.819. The van der Waals surface area contributed by atoms with Gasteiger partial charge in [0.05, 0.1) is 38.6 Å². The molecule has 0 aliphatic carbocycles. The van der Waals surface area contributed by atoms with Crippen LogP contribution in [0, 0.1) is 0 Å². The molecule has 0 radical (unpaired) electrons. The summed E-state index contributed by atoms with van der Waals surface area (Å²) in [6.45, 7) is 1.65. The van der Waals surface area contributed by atoms with Crippen molar-refractivity contribution in [3.05, 3.63) is 72.9 Å². The second-order valence-electron chi connectivity index (χ2n) is 25.3. The molecule has 19 nitrogen and oxygen atoms in total. The zero-order chi connectivity index (χ0) is 66.1. The molecule has 0 saturated carbocycles. The molecule has 0 aromatic heterocycles. The fourth-order valence-electron chi connectivity index (χ4n) is 11.6. The van der Waals surface area contributed by atoms with Gasteiger partial charge in [-0.3, -0.25) is 4.79 Å². The normalized spacial score (nSPS) is 28.3. The number of carbonyl (C=O) groups excluding carboxylic acids is 1. The van der Waals surface area contributed by atoms with Crippen LogP contribution in [-0.2, 0) is 33.2 Å². The number of carbonyl (C=O) groups is 1. The van der Waals surface area contributed by atoms with Gasteiger partial charge < -0.3 is 89.9 Å². The van der Waals surface area contributed by atoms with Gasteiger partial charge in [0.15, 0.2) is 18.9 Å². The number of hydrogen-bond donors (Lipinski definition) is 12. The molecule has 3 aliphatic heterocycles. The molecule has 3 fully saturated rings. The zero-order valence-electron chi connectivity index (χ0n) is 55.8. The molecule has 1 amide bonds. The third-order valence-electron chi connectivity index (χ3n) is 17.5. The monoisotopic (exact) mass is 1290 g/mol. The second-order valence-corrected chi connectivity index (χ2v) is 25.3. The third-order valence-corrected chi connectivity index (χ3v) is 17.5. The van der Waals surface area contributed by atoms with Crippen molar-refractivity contribution in [3.63, 3.8) is 0 Å². The Balaban J connectivity index is 1.36. The predicted octanol–water partition coefficient (Wildman–Crippen LogP) is 9.72. The molecule has 0 spiro atoms. The van der Waals surface area contributed by atoms with E-state index >= 15 is 0 Å². The number of aliphatic hydroxyl groups excluding tert-OH is 11. The van der Waals surface area contributed by atoms with Gasteiger partial charge in [-0.05, 0) is 83.5 Å². The predicted molar refractivity (Wildman–Crippen MR) is 355 cm³/mol. The summed E-state index contributed by atoms with van der Waals surface area (Å²) >= 11 is 0. The lowest BCUT2D eigenvalue weighted by Crippen LogP contribution is -2.66. The van der Waals surface area contributed by atoms with Gasteiger partial charge in [0, 0.05) is 6.42 Å². The zero-order valence-corrected chi connectivity index (χ0v) is 55.8. The van der Waals surface area contributed by atoms with Crippen LogP contribution in [0.25, 0.3) is 0 Å². The molecule has 17 unspecified atom stereocenters. The Kier molecular flexibility index (Phi) is 48.4. The third kappa shape index (κ3) is 35.2. The summed E-state index contributed by atoms with van der Waals surface area (Å²) < 4.78 is 34.3. The maximum absolute atomic E-state index is 13.4. The van der Waals surface area contributed by atoms with Crippen LogP contribution in [0.5, 0.6) is 0 Å². The lowest BCUT2D eigenvalue weighted by molar-refractivity contribution is -0.379. The summed E-state index contributed by atoms with van der Waals surface area (Å²) in [5.74, 6) is -0.291. The molecule has 3 rings (SSSR count). The molecule has 528 valence electrons. The van der Waals surface area contributed by atoms with Gasteiger partial charge in [-0.1, -0.05) is 228 Å². The van der Waals surface area contributed by atoms with Gasteiger partial charge in [0.25, 0.3) is 0 Å². The molecule has 3 aliphatic rings. The Morgan fingerprint density at radius 1 is 0.396 bits per heavy atom. The highest BCUT2D eigenvalue weighted by Gasteiger charge is 2.53. The number of rotatable bonds is 54. The number of ether oxygens (including phenoxy) is 6. The first kappa shape index (κ1) is 82.5. The minimum atomic E-state index is -1.98. The summed E-state index contributed by atoms with van der Waals surface area (Å²) in [6.07, 6.45) is 40.5. The largest absolute Gasteiger partial charge is 0.394 e. The molecule has 0 aromatic carbocycles. The number of hydrogen-bond acceptors (Lipinski definition) is 18. The highest BCUT2D eigenvalue weighted by Crippen LogP contribution is 2.33. The maximum Gasteiger partial charge on any atom is 0.220 e. The van der Waals surface area contributed by atoms with E-state index in [0.29, 0.717) is 12.8 Å². The summed E-state index contributed by atoms with van der Waals surface area (Å²) in [4.78, 5) is 13.4. The van der Waals surface area contributed by atoms with Crippen LogP contribution < -0.4 is 5.32 Å². The van der Waals surface area contributed by atoms with Gasteiger partial charge >= 0.3 is 0 Å². The Morgan fingerprint density at radius 3 is 1.20 bits per heavy atom. The standard InChI is InChI=1S/C72H127NO18/c1-3-5-7-9-11-13-15-17-18-19-20-21-22-23-24-25-26-27-28-29-30-31-32-33-34-35-36-38-40-42-44-46-48-50-60(78)73-55(56(77)49-47-45-43-41-39-37-16-14-12-10-8-6-4-2)54-86-70-66(84)63(81)68(58(52-75)88-70)91-72-67(85)64(82)69(59(53-76)89-72)90-71-65(83)62(80)61(79)57(51-74)87-71/h12,14-15,17,19-20,22-23,39,41,47,49,55-59,61-72,74-77,79-85H,3-11,13,16,18,21,24-38,40,42-46,48,50-54H2,1-2H3,(H,73,78)/b14-12+,17-15-,20-19-,23-22-,41-39+,49-47+. The average Bonchev–Trinajstić information content (AvgIpc) is 0.876. The van der Waals surface area contributed by atoms with Crippen molar-refractivity contribution < 1.29 is 89.4 Å². The maximum atomic E-state index is 13.4. The highest BCUT2D eigenvalue weighted by molar-refractivity contribution is 5.76. The smallest absolute Gasteiger partial charge is 0.220 e. The van der Waals surface area contributed by atoms with Gasteiger partial charge in [-0.25, -0.2) is 0 Å². The first-order valence-corrected chi connectivity index (χ1v) is 35.7. The van der Waals surface area contributed by atoms with E-state index in [2.05, 4.69) is 79.9 Å². The van der Waals surface area contributed by atoms with E-state index in [9.17, 15) is 61.0 Å². The SMILES string of the molecule is CCCCC/C=C/CC/C=C/CC/C=C/C(O)C(COC1OC(CO)C(OC2OC(CO)C(OC3OC(CO)C(O)C(O)C3O)C(O)C2O)C(O)C1O)NC(=O)CCCCCCCCCCCCCCCCCCCC/C=C\C/C=C\C/C=C\CCCCCCC. The number of allylic oxidation sites excluding steroid dienone is 11. The van der Waals surface area contributed by atoms with Crippen molar-refractivity contribution in [1.82, 2.24) is 5.32 Å². The van der Waals surface area contributed by atoms with E-state index in [1.54, 1.807) is 6.08 Å². The molecular weight excluding hydrogens is 1170 g/mol. The van der Waals surface area contributed by atoms with Crippen LogP contribution in [0.15, 0.2) is 72.9 Å². The second kappa shape index (κ2) is 53.4. The topological polar surface area (TPSA) is 307 Å². The minimum Gasteiger partial charge on any atom is -0.394 e. The average molecular weight is 1290 g/mol. The number of amides is 1.